The van der Waals surface area contributed by atoms with E-state index in [0.717, 1.165) is 35.8 Å². The van der Waals surface area contributed by atoms with E-state index in [1.54, 1.807) is 11.8 Å². The van der Waals surface area contributed by atoms with E-state index in [4.69, 9.17) is 0 Å². The fourth-order valence-electron chi connectivity index (χ4n) is 3.18. The summed E-state index contributed by atoms with van der Waals surface area (Å²) in [6, 6.07) is 7.07. The van der Waals surface area contributed by atoms with Crippen molar-refractivity contribution in [1.29, 1.82) is 0 Å². The lowest BCUT2D eigenvalue weighted by Crippen LogP contribution is -2.69. The first-order valence-corrected chi connectivity index (χ1v) is 7.74. The fraction of sp³-hybridized carbons (Fsp3) is 0.467. The van der Waals surface area contributed by atoms with E-state index in [-0.39, 0.29) is 11.8 Å². The largest absolute Gasteiger partial charge is 0.340 e. The Bertz CT molecular complexity index is 549. The number of nitrogens with zero attached hydrogens (tertiary/aromatic N) is 1. The number of benzene rings is 1. The predicted octanol–water partition coefficient (Wildman–Crippen LogP) is 2.61. The first kappa shape index (κ1) is 13.6. The molecule has 0 radical (unpaired) electrons. The van der Waals surface area contributed by atoms with Gasteiger partial charge in [0.1, 0.15) is 11.6 Å². The van der Waals surface area contributed by atoms with Crippen molar-refractivity contribution in [2.75, 3.05) is 4.90 Å². The van der Waals surface area contributed by atoms with Gasteiger partial charge >= 0.3 is 0 Å². The van der Waals surface area contributed by atoms with Gasteiger partial charge in [0.15, 0.2) is 0 Å². The molecule has 1 aliphatic carbocycles. The van der Waals surface area contributed by atoms with Gasteiger partial charge in [-0.3, -0.25) is 14.5 Å². The third kappa shape index (κ3) is 2.04. The maximum absolute atomic E-state index is 12.9. The highest BCUT2D eigenvalue weighted by Gasteiger charge is 2.51. The molecule has 1 aromatic carbocycles. The monoisotopic (exact) mass is 336 g/mol. The van der Waals surface area contributed by atoms with Crippen molar-refractivity contribution in [1.82, 2.24) is 5.32 Å². The molecule has 1 unspecified atom stereocenters. The zero-order chi connectivity index (χ0) is 14.3. The second-order valence-corrected chi connectivity index (χ2v) is 6.52. The third-order valence-electron chi connectivity index (χ3n) is 4.32. The van der Waals surface area contributed by atoms with Gasteiger partial charge < -0.3 is 5.32 Å². The number of carbonyl (C=O) groups excluding carboxylic acids is 2. The van der Waals surface area contributed by atoms with Crippen LogP contribution in [0.15, 0.2) is 28.7 Å². The summed E-state index contributed by atoms with van der Waals surface area (Å²) in [6.07, 6.45) is 3.48. The Hall–Kier alpha value is -1.36. The lowest BCUT2D eigenvalue weighted by atomic mass is 9.90. The second kappa shape index (κ2) is 4.88. The highest BCUT2D eigenvalue weighted by molar-refractivity contribution is 9.10. The molecule has 1 saturated heterocycles. The van der Waals surface area contributed by atoms with Crippen LogP contribution in [0.4, 0.5) is 5.69 Å². The zero-order valence-electron chi connectivity index (χ0n) is 11.4. The molecular weight excluding hydrogens is 320 g/mol. The fourth-order valence-corrected chi connectivity index (χ4v) is 3.44. The number of anilines is 1. The minimum Gasteiger partial charge on any atom is -0.340 e. The maximum Gasteiger partial charge on any atom is 0.253 e. The van der Waals surface area contributed by atoms with Crippen molar-refractivity contribution in [2.45, 2.75) is 44.2 Å². The van der Waals surface area contributed by atoms with Crippen LogP contribution >= 0.6 is 15.9 Å². The molecule has 20 heavy (non-hydrogen) atoms. The molecule has 3 rings (SSSR count). The average Bonchev–Trinajstić information content (AvgIpc) is 2.89. The van der Waals surface area contributed by atoms with E-state index in [1.165, 1.54) is 0 Å². The third-order valence-corrected chi connectivity index (χ3v) is 4.85. The summed E-state index contributed by atoms with van der Waals surface area (Å²) in [5.74, 6) is -0.0289. The summed E-state index contributed by atoms with van der Waals surface area (Å²) in [4.78, 5) is 26.8. The van der Waals surface area contributed by atoms with E-state index in [9.17, 15) is 9.59 Å². The van der Waals surface area contributed by atoms with Gasteiger partial charge in [-0.1, -0.05) is 28.8 Å². The highest BCUT2D eigenvalue weighted by Crippen LogP contribution is 2.36. The van der Waals surface area contributed by atoms with Crippen LogP contribution in [0.5, 0.6) is 0 Å². The number of amides is 2. The normalized spacial score (nSPS) is 25.1. The molecule has 0 aromatic heterocycles. The van der Waals surface area contributed by atoms with E-state index >= 15 is 0 Å². The zero-order valence-corrected chi connectivity index (χ0v) is 12.9. The number of rotatable bonds is 1. The molecule has 106 valence electrons. The Kier molecular flexibility index (Phi) is 3.32. The summed E-state index contributed by atoms with van der Waals surface area (Å²) in [6.45, 7) is 1.77. The van der Waals surface area contributed by atoms with E-state index < -0.39 is 11.6 Å². The summed E-state index contributed by atoms with van der Waals surface area (Å²) >= 11 is 3.39. The van der Waals surface area contributed by atoms with E-state index in [2.05, 4.69) is 21.2 Å². The lowest BCUT2D eigenvalue weighted by Gasteiger charge is -2.43. The first-order valence-electron chi connectivity index (χ1n) is 6.95. The Labute approximate surface area is 126 Å². The molecule has 4 nitrogen and oxygen atoms in total. The van der Waals surface area contributed by atoms with Crippen LogP contribution in [0.3, 0.4) is 0 Å². The molecule has 1 N–H and O–H groups in total. The SMILES string of the molecule is CC1C(=O)NC2(CCCC2)C(=O)N1c1ccc(Br)cc1. The molecule has 2 fully saturated rings. The highest BCUT2D eigenvalue weighted by atomic mass is 79.9. The minimum absolute atomic E-state index is 0.0319. The lowest BCUT2D eigenvalue weighted by molar-refractivity contribution is -0.137. The van der Waals surface area contributed by atoms with Gasteiger partial charge in [0.25, 0.3) is 5.91 Å². The van der Waals surface area contributed by atoms with Crippen molar-refractivity contribution in [3.63, 3.8) is 0 Å². The van der Waals surface area contributed by atoms with Gasteiger partial charge in [0.2, 0.25) is 5.91 Å². The Morgan fingerprint density at radius 3 is 2.40 bits per heavy atom. The molecule has 2 aliphatic rings. The van der Waals surface area contributed by atoms with E-state index in [1.807, 2.05) is 24.3 Å². The molecule has 1 aliphatic heterocycles. The number of hydrogen-bond donors (Lipinski definition) is 1. The van der Waals surface area contributed by atoms with Crippen LogP contribution in [0.1, 0.15) is 32.6 Å². The Morgan fingerprint density at radius 1 is 1.20 bits per heavy atom. The Morgan fingerprint density at radius 2 is 1.80 bits per heavy atom. The minimum atomic E-state index is -0.670. The van der Waals surface area contributed by atoms with Crippen molar-refractivity contribution >= 4 is 33.4 Å². The van der Waals surface area contributed by atoms with Crippen LogP contribution in [0.25, 0.3) is 0 Å². The molecule has 1 spiro atoms. The second-order valence-electron chi connectivity index (χ2n) is 5.61. The first-order chi connectivity index (χ1) is 9.53. The number of carbonyl (C=O) groups is 2. The molecule has 1 saturated carbocycles. The number of nitrogens with one attached hydrogen (secondary N) is 1. The number of halogens is 1. The quantitative estimate of drug-likeness (QED) is 0.856. The van der Waals surface area contributed by atoms with Gasteiger partial charge in [-0.15, -0.1) is 0 Å². The van der Waals surface area contributed by atoms with Crippen molar-refractivity contribution in [3.8, 4) is 0 Å². The number of piperazine rings is 1. The van der Waals surface area contributed by atoms with Crippen LogP contribution < -0.4 is 10.2 Å². The maximum atomic E-state index is 12.9. The topological polar surface area (TPSA) is 49.4 Å². The van der Waals surface area contributed by atoms with Gasteiger partial charge in [0.05, 0.1) is 0 Å². The molecule has 1 aromatic rings. The van der Waals surface area contributed by atoms with E-state index in [0.29, 0.717) is 0 Å². The summed E-state index contributed by atoms with van der Waals surface area (Å²) in [5, 5.41) is 2.96. The summed E-state index contributed by atoms with van der Waals surface area (Å²) in [7, 11) is 0. The molecule has 5 heteroatoms. The molecule has 1 atom stereocenters. The van der Waals surface area contributed by atoms with Crippen molar-refractivity contribution in [2.24, 2.45) is 0 Å². The predicted molar refractivity (Wildman–Crippen MR) is 80.4 cm³/mol. The standard InChI is InChI=1S/C15H17BrN2O2/c1-10-13(19)17-15(8-2-3-9-15)14(20)18(10)12-6-4-11(16)5-7-12/h4-7,10H,2-3,8-9H2,1H3,(H,17,19). The van der Waals surface area contributed by atoms with Crippen molar-refractivity contribution in [3.05, 3.63) is 28.7 Å². The van der Waals surface area contributed by atoms with Crippen LogP contribution in [-0.4, -0.2) is 23.4 Å². The van der Waals surface area contributed by atoms with Crippen LogP contribution in [0.2, 0.25) is 0 Å². The summed E-state index contributed by atoms with van der Waals surface area (Å²) < 4.78 is 0.957. The number of hydrogen-bond acceptors (Lipinski definition) is 2. The van der Waals surface area contributed by atoms with Crippen LogP contribution in [-0.2, 0) is 9.59 Å². The molecule has 1 heterocycles. The van der Waals surface area contributed by atoms with Gasteiger partial charge in [-0.25, -0.2) is 0 Å². The van der Waals surface area contributed by atoms with Gasteiger partial charge in [-0.05, 0) is 44.0 Å². The van der Waals surface area contributed by atoms with Gasteiger partial charge in [-0.2, -0.15) is 0 Å². The molecule has 0 bridgehead atoms. The Balaban J connectivity index is 2.00. The average molecular weight is 337 g/mol. The van der Waals surface area contributed by atoms with Gasteiger partial charge in [0, 0.05) is 10.2 Å². The van der Waals surface area contributed by atoms with Crippen LogP contribution in [0, 0.1) is 0 Å². The van der Waals surface area contributed by atoms with Crippen molar-refractivity contribution < 1.29 is 9.59 Å². The molecule has 2 amide bonds. The smallest absolute Gasteiger partial charge is 0.253 e. The molecular formula is C15H17BrN2O2. The summed E-state index contributed by atoms with van der Waals surface area (Å²) in [5.41, 5.74) is 0.114.